The number of nitrogens with one attached hydrogen (secondary N) is 3. The van der Waals surface area contributed by atoms with Crippen LogP contribution in [0.5, 0.6) is 0 Å². The second kappa shape index (κ2) is 8.91. The lowest BCUT2D eigenvalue weighted by atomic mass is 10.2. The van der Waals surface area contributed by atoms with E-state index in [-0.39, 0.29) is 5.91 Å². The molecule has 1 amide bonds. The summed E-state index contributed by atoms with van der Waals surface area (Å²) in [7, 11) is 0. The van der Waals surface area contributed by atoms with Crippen LogP contribution in [-0.2, 0) is 0 Å². The second-order valence-electron chi connectivity index (χ2n) is 8.52. The van der Waals surface area contributed by atoms with Gasteiger partial charge in [-0.25, -0.2) is 15.4 Å². The van der Waals surface area contributed by atoms with Gasteiger partial charge in [-0.15, -0.1) is 0 Å². The minimum absolute atomic E-state index is 0.00908. The monoisotopic (exact) mass is 449 g/mol. The maximum Gasteiger partial charge on any atom is 0.251 e. The number of amidine groups is 1. The number of benzene rings is 1. The lowest BCUT2D eigenvalue weighted by Gasteiger charge is -2.14. The van der Waals surface area contributed by atoms with Gasteiger partial charge in [-0.1, -0.05) is 11.8 Å². The van der Waals surface area contributed by atoms with Crippen LogP contribution in [0.3, 0.4) is 0 Å². The molecule has 0 spiro atoms. The molecule has 9 heteroatoms. The number of amides is 1. The molecule has 8 nitrogen and oxygen atoms in total. The number of carbonyl (C=O) groups excluding carboxylic acids is 1. The molecule has 0 saturated heterocycles. The van der Waals surface area contributed by atoms with Crippen molar-refractivity contribution in [2.45, 2.75) is 61.5 Å². The minimum atomic E-state index is -0.00908. The third kappa shape index (κ3) is 5.11. The van der Waals surface area contributed by atoms with Gasteiger partial charge in [0.05, 0.1) is 0 Å². The van der Waals surface area contributed by atoms with Gasteiger partial charge in [0.2, 0.25) is 5.95 Å². The number of hydrazine groups is 1. The van der Waals surface area contributed by atoms with Crippen LogP contribution in [-0.4, -0.2) is 38.2 Å². The molecule has 2 aromatic heterocycles. The highest BCUT2D eigenvalue weighted by molar-refractivity contribution is 7.99. The van der Waals surface area contributed by atoms with E-state index in [1.165, 1.54) is 24.6 Å². The zero-order valence-electron chi connectivity index (χ0n) is 18.2. The molecular formula is C23H27N7OS. The summed E-state index contributed by atoms with van der Waals surface area (Å²) >= 11 is 1.52. The Morgan fingerprint density at radius 3 is 2.72 bits per heavy atom. The van der Waals surface area contributed by atoms with E-state index in [2.05, 4.69) is 33.1 Å². The van der Waals surface area contributed by atoms with Crippen LogP contribution < -0.4 is 16.2 Å². The quantitative estimate of drug-likeness (QED) is 0.210. The normalized spacial score (nSPS) is 17.4. The number of fused-ring (bicyclic) bond motifs is 1. The summed E-state index contributed by atoms with van der Waals surface area (Å²) in [5.41, 5.74) is 7.98. The predicted octanol–water partition coefficient (Wildman–Crippen LogP) is 3.72. The Kier molecular flexibility index (Phi) is 5.84. The van der Waals surface area contributed by atoms with E-state index in [1.807, 2.05) is 47.9 Å². The Labute approximate surface area is 191 Å². The van der Waals surface area contributed by atoms with Crippen LogP contribution in [0.25, 0.3) is 5.65 Å². The molecule has 2 heterocycles. The average Bonchev–Trinajstić information content (AvgIpc) is 3.71. The maximum atomic E-state index is 12.2. The van der Waals surface area contributed by atoms with E-state index in [9.17, 15) is 4.79 Å². The molecule has 2 aliphatic carbocycles. The van der Waals surface area contributed by atoms with Crippen LogP contribution >= 0.6 is 11.8 Å². The Morgan fingerprint density at radius 1 is 1.22 bits per heavy atom. The van der Waals surface area contributed by atoms with Gasteiger partial charge in [-0.2, -0.15) is 4.99 Å². The Morgan fingerprint density at radius 2 is 2.00 bits per heavy atom. The summed E-state index contributed by atoms with van der Waals surface area (Å²) < 4.78 is 1.87. The van der Waals surface area contributed by atoms with Crippen molar-refractivity contribution in [3.8, 4) is 0 Å². The van der Waals surface area contributed by atoms with Crippen molar-refractivity contribution in [3.05, 3.63) is 48.3 Å². The molecule has 0 bridgehead atoms. The number of hydrogen-bond acceptors (Lipinski definition) is 6. The minimum Gasteiger partial charge on any atom is -0.349 e. The SMILES string of the molecule is C/C(=N\c1nc(Sc2ccc(C(=O)NC3CC3)cc2)cc2nccn12)NNC(C)C1CC1. The van der Waals surface area contributed by atoms with Crippen LogP contribution in [0.1, 0.15) is 49.9 Å². The van der Waals surface area contributed by atoms with Crippen molar-refractivity contribution >= 4 is 35.1 Å². The Bertz CT molecular complexity index is 1150. The highest BCUT2D eigenvalue weighted by Crippen LogP contribution is 2.32. The van der Waals surface area contributed by atoms with Crippen LogP contribution in [0.2, 0.25) is 0 Å². The van der Waals surface area contributed by atoms with Crippen LogP contribution in [0.4, 0.5) is 5.95 Å². The maximum absolute atomic E-state index is 12.2. The Hall–Kier alpha value is -2.91. The number of carbonyl (C=O) groups is 1. The fraction of sp³-hybridized carbons (Fsp3) is 0.391. The first kappa shape index (κ1) is 21.0. The van der Waals surface area contributed by atoms with Crippen molar-refractivity contribution in [2.75, 3.05) is 0 Å². The topological polar surface area (TPSA) is 95.7 Å². The Balaban J connectivity index is 1.30. The van der Waals surface area contributed by atoms with Crippen molar-refractivity contribution in [3.63, 3.8) is 0 Å². The van der Waals surface area contributed by atoms with E-state index >= 15 is 0 Å². The first-order valence-electron chi connectivity index (χ1n) is 11.0. The highest BCUT2D eigenvalue weighted by Gasteiger charge is 2.27. The molecule has 2 fully saturated rings. The number of rotatable bonds is 8. The molecule has 3 N–H and O–H groups in total. The molecule has 1 unspecified atom stereocenters. The molecule has 0 radical (unpaired) electrons. The molecule has 2 saturated carbocycles. The standard InChI is InChI=1S/C23H27N7OS/c1-14(16-3-4-16)28-29-15(2)25-23-27-21(13-20-24-11-12-30(20)23)32-19-9-5-17(6-10-19)22(31)26-18-7-8-18/h5-6,9-14,16,18,28H,3-4,7-8H2,1-2H3,(H,26,31)(H,25,27,29). The fourth-order valence-electron chi connectivity index (χ4n) is 3.42. The van der Waals surface area contributed by atoms with E-state index in [0.717, 1.165) is 40.2 Å². The molecule has 5 rings (SSSR count). The van der Waals surface area contributed by atoms with Gasteiger partial charge < -0.3 is 10.7 Å². The van der Waals surface area contributed by atoms with Gasteiger partial charge in [0, 0.05) is 41.0 Å². The summed E-state index contributed by atoms with van der Waals surface area (Å²) in [6, 6.07) is 10.3. The molecule has 166 valence electrons. The fourth-order valence-corrected chi connectivity index (χ4v) is 4.22. The van der Waals surface area contributed by atoms with E-state index in [4.69, 9.17) is 4.98 Å². The number of hydrogen-bond donors (Lipinski definition) is 3. The zero-order chi connectivity index (χ0) is 22.1. The molecule has 2 aliphatic rings. The van der Waals surface area contributed by atoms with E-state index < -0.39 is 0 Å². The van der Waals surface area contributed by atoms with Crippen LogP contribution in [0.15, 0.2) is 57.6 Å². The summed E-state index contributed by atoms with van der Waals surface area (Å²) in [6.07, 6.45) is 8.34. The summed E-state index contributed by atoms with van der Waals surface area (Å²) in [5, 5.41) is 3.81. The van der Waals surface area contributed by atoms with Crippen LogP contribution in [0, 0.1) is 5.92 Å². The van der Waals surface area contributed by atoms with E-state index in [0.29, 0.717) is 23.6 Å². The lowest BCUT2D eigenvalue weighted by molar-refractivity contribution is 0.0951. The summed E-state index contributed by atoms with van der Waals surface area (Å²) in [6.45, 7) is 4.10. The van der Waals surface area contributed by atoms with Gasteiger partial charge in [0.1, 0.15) is 16.5 Å². The predicted molar refractivity (Wildman–Crippen MR) is 125 cm³/mol. The van der Waals surface area contributed by atoms with Crippen molar-refractivity contribution in [1.29, 1.82) is 0 Å². The molecule has 0 aliphatic heterocycles. The number of imidazole rings is 1. The third-order valence-electron chi connectivity index (χ3n) is 5.68. The van der Waals surface area contributed by atoms with E-state index in [1.54, 1.807) is 6.20 Å². The summed E-state index contributed by atoms with van der Waals surface area (Å²) in [5.74, 6) is 2.05. The van der Waals surface area contributed by atoms with Gasteiger partial charge >= 0.3 is 0 Å². The average molecular weight is 450 g/mol. The number of aromatic nitrogens is 3. The summed E-state index contributed by atoms with van der Waals surface area (Å²) in [4.78, 5) is 27.0. The number of aliphatic imine (C=N–C) groups is 1. The van der Waals surface area contributed by atoms with Crippen molar-refractivity contribution in [1.82, 2.24) is 30.5 Å². The largest absolute Gasteiger partial charge is 0.349 e. The van der Waals surface area contributed by atoms with Gasteiger partial charge in [-0.3, -0.25) is 9.20 Å². The van der Waals surface area contributed by atoms with Crippen molar-refractivity contribution in [2.24, 2.45) is 10.9 Å². The highest BCUT2D eigenvalue weighted by atomic mass is 32.2. The van der Waals surface area contributed by atoms with Crippen molar-refractivity contribution < 1.29 is 4.79 Å². The second-order valence-corrected chi connectivity index (χ2v) is 9.61. The van der Waals surface area contributed by atoms with Gasteiger partial charge in [0.25, 0.3) is 5.91 Å². The lowest BCUT2D eigenvalue weighted by Crippen LogP contribution is -2.42. The molecule has 1 aromatic carbocycles. The molecule has 3 aromatic rings. The first-order chi connectivity index (χ1) is 15.5. The molecular weight excluding hydrogens is 422 g/mol. The van der Waals surface area contributed by atoms with Gasteiger partial charge in [-0.05, 0) is 69.7 Å². The first-order valence-corrected chi connectivity index (χ1v) is 11.9. The number of nitrogens with zero attached hydrogens (tertiary/aromatic N) is 4. The molecule has 1 atom stereocenters. The smallest absolute Gasteiger partial charge is 0.251 e. The van der Waals surface area contributed by atoms with Gasteiger partial charge in [0.15, 0.2) is 0 Å². The third-order valence-corrected chi connectivity index (χ3v) is 6.60. The molecule has 32 heavy (non-hydrogen) atoms. The zero-order valence-corrected chi connectivity index (χ0v) is 19.0.